The second-order valence-corrected chi connectivity index (χ2v) is 6.98. The van der Waals surface area contributed by atoms with Gasteiger partial charge in [0.15, 0.2) is 0 Å². The monoisotopic (exact) mass is 348 g/mol. The summed E-state index contributed by atoms with van der Waals surface area (Å²) in [6, 6.07) is 15.8. The highest BCUT2D eigenvalue weighted by Crippen LogP contribution is 2.37. The SMILES string of the molecule is CNc1ccccc1C(=O)N1CCCC2(C=Cc3ccccc3O2)CC1. The molecule has 4 nitrogen and oxygen atoms in total. The number of nitrogens with one attached hydrogen (secondary N) is 1. The van der Waals surface area contributed by atoms with Crippen LogP contribution in [0.4, 0.5) is 5.69 Å². The van der Waals surface area contributed by atoms with Crippen molar-refractivity contribution in [1.29, 1.82) is 0 Å². The Bertz CT molecular complexity index is 846. The summed E-state index contributed by atoms with van der Waals surface area (Å²) in [6.45, 7) is 1.46. The van der Waals surface area contributed by atoms with Crippen LogP contribution < -0.4 is 10.1 Å². The van der Waals surface area contributed by atoms with E-state index in [0.717, 1.165) is 48.4 Å². The van der Waals surface area contributed by atoms with Crippen LogP contribution in [0.5, 0.6) is 5.75 Å². The van der Waals surface area contributed by atoms with E-state index in [1.807, 2.05) is 54.4 Å². The lowest BCUT2D eigenvalue weighted by Crippen LogP contribution is -2.38. The van der Waals surface area contributed by atoms with Crippen LogP contribution in [-0.2, 0) is 0 Å². The maximum absolute atomic E-state index is 13.0. The summed E-state index contributed by atoms with van der Waals surface area (Å²) in [6.07, 6.45) is 7.01. The van der Waals surface area contributed by atoms with Gasteiger partial charge < -0.3 is 15.0 Å². The molecule has 2 aliphatic rings. The van der Waals surface area contributed by atoms with E-state index in [1.54, 1.807) is 0 Å². The van der Waals surface area contributed by atoms with Crippen LogP contribution in [0.2, 0.25) is 0 Å². The molecule has 2 aliphatic heterocycles. The van der Waals surface area contributed by atoms with Gasteiger partial charge in [-0.1, -0.05) is 36.4 Å². The Morgan fingerprint density at radius 1 is 1.08 bits per heavy atom. The van der Waals surface area contributed by atoms with Gasteiger partial charge in [0, 0.05) is 37.8 Å². The molecule has 26 heavy (non-hydrogen) atoms. The normalized spacial score (nSPS) is 21.7. The van der Waals surface area contributed by atoms with E-state index >= 15 is 0 Å². The van der Waals surface area contributed by atoms with Crippen LogP contribution in [-0.4, -0.2) is 36.5 Å². The van der Waals surface area contributed by atoms with Crippen LogP contribution in [0.15, 0.2) is 54.6 Å². The fourth-order valence-electron chi connectivity index (χ4n) is 3.87. The van der Waals surface area contributed by atoms with Gasteiger partial charge in [-0.15, -0.1) is 0 Å². The van der Waals surface area contributed by atoms with Gasteiger partial charge in [0.05, 0.1) is 5.56 Å². The zero-order valence-electron chi connectivity index (χ0n) is 15.1. The van der Waals surface area contributed by atoms with Crippen LogP contribution in [0.25, 0.3) is 6.08 Å². The summed E-state index contributed by atoms with van der Waals surface area (Å²) in [7, 11) is 1.85. The van der Waals surface area contributed by atoms with Crippen molar-refractivity contribution in [1.82, 2.24) is 4.90 Å². The molecule has 1 atom stereocenters. The van der Waals surface area contributed by atoms with Crippen molar-refractivity contribution in [3.8, 4) is 5.75 Å². The van der Waals surface area contributed by atoms with E-state index in [1.165, 1.54) is 0 Å². The summed E-state index contributed by atoms with van der Waals surface area (Å²) < 4.78 is 6.38. The number of carbonyl (C=O) groups is 1. The summed E-state index contributed by atoms with van der Waals surface area (Å²) in [4.78, 5) is 15.0. The number of rotatable bonds is 2. The number of nitrogens with zero attached hydrogens (tertiary/aromatic N) is 1. The number of para-hydroxylation sites is 2. The smallest absolute Gasteiger partial charge is 0.255 e. The van der Waals surface area contributed by atoms with E-state index in [-0.39, 0.29) is 11.5 Å². The van der Waals surface area contributed by atoms with Gasteiger partial charge in [-0.3, -0.25) is 4.79 Å². The lowest BCUT2D eigenvalue weighted by molar-refractivity contribution is 0.0731. The minimum Gasteiger partial charge on any atom is -0.483 e. The molecule has 0 bridgehead atoms. The third-order valence-corrected chi connectivity index (χ3v) is 5.35. The van der Waals surface area contributed by atoms with E-state index in [2.05, 4.69) is 23.5 Å². The molecule has 1 spiro atoms. The summed E-state index contributed by atoms with van der Waals surface area (Å²) in [5.74, 6) is 1.03. The molecule has 0 radical (unpaired) electrons. The second kappa shape index (κ2) is 6.87. The summed E-state index contributed by atoms with van der Waals surface area (Å²) in [5, 5.41) is 3.12. The van der Waals surface area contributed by atoms with E-state index in [0.29, 0.717) is 6.54 Å². The second-order valence-electron chi connectivity index (χ2n) is 6.98. The highest BCUT2D eigenvalue weighted by molar-refractivity contribution is 5.99. The van der Waals surface area contributed by atoms with Crippen molar-refractivity contribution in [3.05, 3.63) is 65.7 Å². The highest BCUT2D eigenvalue weighted by atomic mass is 16.5. The first kappa shape index (κ1) is 16.7. The average molecular weight is 348 g/mol. The number of hydrogen-bond acceptors (Lipinski definition) is 3. The summed E-state index contributed by atoms with van der Waals surface area (Å²) in [5.41, 5.74) is 2.43. The molecule has 1 unspecified atom stereocenters. The first-order valence-corrected chi connectivity index (χ1v) is 9.24. The molecule has 0 aliphatic carbocycles. The largest absolute Gasteiger partial charge is 0.483 e. The Morgan fingerprint density at radius 2 is 1.88 bits per heavy atom. The zero-order chi connectivity index (χ0) is 18.0. The maximum atomic E-state index is 13.0. The van der Waals surface area contributed by atoms with Crippen molar-refractivity contribution in [3.63, 3.8) is 0 Å². The minimum absolute atomic E-state index is 0.0900. The Hall–Kier alpha value is -2.75. The molecule has 2 heterocycles. The number of benzene rings is 2. The van der Waals surface area contributed by atoms with Crippen LogP contribution in [0.3, 0.4) is 0 Å². The fourth-order valence-corrected chi connectivity index (χ4v) is 3.87. The van der Waals surface area contributed by atoms with Crippen molar-refractivity contribution >= 4 is 17.7 Å². The number of ether oxygens (including phenoxy) is 1. The molecule has 4 heteroatoms. The van der Waals surface area contributed by atoms with E-state index < -0.39 is 0 Å². The van der Waals surface area contributed by atoms with Gasteiger partial charge in [-0.2, -0.15) is 0 Å². The molecule has 0 aromatic heterocycles. The first-order chi connectivity index (χ1) is 12.7. The average Bonchev–Trinajstić information content (AvgIpc) is 2.90. The van der Waals surface area contributed by atoms with Crippen molar-refractivity contribution in [2.75, 3.05) is 25.5 Å². The Labute approximate surface area is 154 Å². The third kappa shape index (κ3) is 3.07. The molecule has 0 saturated carbocycles. The number of anilines is 1. The first-order valence-electron chi connectivity index (χ1n) is 9.24. The van der Waals surface area contributed by atoms with E-state index in [4.69, 9.17) is 4.74 Å². The van der Waals surface area contributed by atoms with Gasteiger partial charge in [0.1, 0.15) is 11.4 Å². The molecule has 134 valence electrons. The lowest BCUT2D eigenvalue weighted by atomic mass is 9.91. The van der Waals surface area contributed by atoms with Gasteiger partial charge >= 0.3 is 0 Å². The molecule has 1 amide bonds. The molecule has 1 saturated heterocycles. The molecule has 1 N–H and O–H groups in total. The molecule has 4 rings (SSSR count). The number of amides is 1. The topological polar surface area (TPSA) is 41.6 Å². The lowest BCUT2D eigenvalue weighted by Gasteiger charge is -2.34. The van der Waals surface area contributed by atoms with E-state index in [9.17, 15) is 4.79 Å². The highest BCUT2D eigenvalue weighted by Gasteiger charge is 2.36. The van der Waals surface area contributed by atoms with Crippen molar-refractivity contribution in [2.45, 2.75) is 24.9 Å². The van der Waals surface area contributed by atoms with Crippen LogP contribution >= 0.6 is 0 Å². The van der Waals surface area contributed by atoms with Crippen LogP contribution in [0, 0.1) is 0 Å². The maximum Gasteiger partial charge on any atom is 0.255 e. The number of carbonyl (C=O) groups excluding carboxylic acids is 1. The van der Waals surface area contributed by atoms with Gasteiger partial charge in [-0.25, -0.2) is 0 Å². The van der Waals surface area contributed by atoms with Crippen LogP contribution in [0.1, 0.15) is 35.2 Å². The third-order valence-electron chi connectivity index (χ3n) is 5.35. The fraction of sp³-hybridized carbons (Fsp3) is 0.318. The number of fused-ring (bicyclic) bond motifs is 1. The molecule has 1 fully saturated rings. The zero-order valence-corrected chi connectivity index (χ0v) is 15.1. The van der Waals surface area contributed by atoms with Gasteiger partial charge in [-0.05, 0) is 37.1 Å². The summed E-state index contributed by atoms with van der Waals surface area (Å²) >= 11 is 0. The standard InChI is InChI=1S/C22H24N2O2/c1-23-19-9-4-3-8-18(19)21(25)24-15-6-12-22(14-16-24)13-11-17-7-2-5-10-20(17)26-22/h2-5,7-11,13,23H,6,12,14-16H2,1H3. The van der Waals surface area contributed by atoms with Gasteiger partial charge in [0.2, 0.25) is 0 Å². The quantitative estimate of drug-likeness (QED) is 0.884. The predicted octanol–water partition coefficient (Wildman–Crippen LogP) is 4.20. The number of hydrogen-bond donors (Lipinski definition) is 1. The van der Waals surface area contributed by atoms with Gasteiger partial charge in [0.25, 0.3) is 5.91 Å². The van der Waals surface area contributed by atoms with Crippen molar-refractivity contribution < 1.29 is 9.53 Å². The Balaban J connectivity index is 1.52. The predicted molar refractivity (Wildman–Crippen MR) is 105 cm³/mol. The minimum atomic E-state index is -0.300. The molecule has 2 aromatic carbocycles. The molecular formula is C22H24N2O2. The molecular weight excluding hydrogens is 324 g/mol. The molecule has 2 aromatic rings. The van der Waals surface area contributed by atoms with Crippen molar-refractivity contribution in [2.24, 2.45) is 0 Å². The Morgan fingerprint density at radius 3 is 2.77 bits per heavy atom. The Kier molecular flexibility index (Phi) is 4.41. The number of likely N-dealkylation sites (tertiary alicyclic amines) is 1.